The Hall–Kier alpha value is -0.500. The fourth-order valence-electron chi connectivity index (χ4n) is 3.75. The first-order valence-electron chi connectivity index (χ1n) is 12.2. The van der Waals surface area contributed by atoms with Gasteiger partial charge in [-0.15, -0.1) is 0 Å². The molecule has 1 fully saturated rings. The summed E-state index contributed by atoms with van der Waals surface area (Å²) in [6.45, 7) is 2.24. The van der Waals surface area contributed by atoms with Gasteiger partial charge in [0.1, 0.15) is 24.4 Å². The zero-order chi connectivity index (χ0) is 22.0. The summed E-state index contributed by atoms with van der Waals surface area (Å²) in [5.41, 5.74) is 0. The van der Waals surface area contributed by atoms with Crippen molar-refractivity contribution in [1.29, 1.82) is 0 Å². The summed E-state index contributed by atoms with van der Waals surface area (Å²) in [5.74, 6) is 0. The molecule has 1 heterocycles. The molecular formula is C24H46O6. The van der Waals surface area contributed by atoms with Crippen LogP contribution in [0.15, 0.2) is 12.2 Å². The highest BCUT2D eigenvalue weighted by Gasteiger charge is 2.43. The van der Waals surface area contributed by atoms with Gasteiger partial charge in [0.2, 0.25) is 0 Å². The average Bonchev–Trinajstić information content (AvgIpc) is 2.75. The van der Waals surface area contributed by atoms with Crippen molar-refractivity contribution in [2.24, 2.45) is 0 Å². The van der Waals surface area contributed by atoms with Gasteiger partial charge in [0.15, 0.2) is 6.29 Å². The molecule has 0 aromatic rings. The molecule has 0 bridgehead atoms. The van der Waals surface area contributed by atoms with Gasteiger partial charge < -0.3 is 29.9 Å². The lowest BCUT2D eigenvalue weighted by molar-refractivity contribution is -0.301. The van der Waals surface area contributed by atoms with Gasteiger partial charge in [0, 0.05) is 6.61 Å². The van der Waals surface area contributed by atoms with Crippen molar-refractivity contribution >= 4 is 0 Å². The standard InChI is InChI=1S/C24H46O6/c1-2-3-4-5-6-7-8-9-10-11-12-13-14-15-16-17-18-29-24-23(28)22(27)21(26)20(19-25)30-24/h9-10,20-28H,2-8,11-19H2,1H3/t20-,21-,22+,23-,24?/m1/s1. The molecule has 0 radical (unpaired) electrons. The monoisotopic (exact) mass is 430 g/mol. The van der Waals surface area contributed by atoms with E-state index in [4.69, 9.17) is 14.6 Å². The average molecular weight is 431 g/mol. The zero-order valence-corrected chi connectivity index (χ0v) is 19.0. The molecule has 1 aliphatic heterocycles. The Bertz CT molecular complexity index is 415. The minimum Gasteiger partial charge on any atom is -0.394 e. The van der Waals surface area contributed by atoms with Gasteiger partial charge in [-0.3, -0.25) is 0 Å². The minimum absolute atomic E-state index is 0.421. The van der Waals surface area contributed by atoms with E-state index in [0.717, 1.165) is 19.3 Å². The third-order valence-electron chi connectivity index (χ3n) is 5.79. The molecule has 6 heteroatoms. The lowest BCUT2D eigenvalue weighted by Gasteiger charge is -2.39. The number of unbranched alkanes of at least 4 members (excludes halogenated alkanes) is 12. The Labute approximate surface area is 183 Å². The largest absolute Gasteiger partial charge is 0.394 e. The van der Waals surface area contributed by atoms with Crippen LogP contribution < -0.4 is 0 Å². The van der Waals surface area contributed by atoms with Gasteiger partial charge in [-0.25, -0.2) is 0 Å². The zero-order valence-electron chi connectivity index (χ0n) is 19.0. The van der Waals surface area contributed by atoms with Crippen LogP contribution in [-0.2, 0) is 9.47 Å². The Morgan fingerprint density at radius 1 is 0.700 bits per heavy atom. The van der Waals surface area contributed by atoms with Crippen molar-refractivity contribution in [2.75, 3.05) is 13.2 Å². The summed E-state index contributed by atoms with van der Waals surface area (Å²) >= 11 is 0. The minimum atomic E-state index is -1.37. The van der Waals surface area contributed by atoms with Crippen molar-refractivity contribution in [3.8, 4) is 0 Å². The number of rotatable bonds is 18. The highest BCUT2D eigenvalue weighted by atomic mass is 16.7. The summed E-state index contributed by atoms with van der Waals surface area (Å²) in [4.78, 5) is 0. The second kappa shape index (κ2) is 18.1. The van der Waals surface area contributed by atoms with Crippen LogP contribution in [0.1, 0.15) is 96.8 Å². The maximum atomic E-state index is 9.91. The van der Waals surface area contributed by atoms with Crippen LogP contribution in [0.4, 0.5) is 0 Å². The second-order valence-electron chi connectivity index (χ2n) is 8.51. The van der Waals surface area contributed by atoms with Crippen LogP contribution in [0.2, 0.25) is 0 Å². The predicted molar refractivity (Wildman–Crippen MR) is 119 cm³/mol. The second-order valence-corrected chi connectivity index (χ2v) is 8.51. The van der Waals surface area contributed by atoms with E-state index < -0.39 is 37.3 Å². The highest BCUT2D eigenvalue weighted by molar-refractivity contribution is 4.88. The van der Waals surface area contributed by atoms with Crippen molar-refractivity contribution < 1.29 is 29.9 Å². The lowest BCUT2D eigenvalue weighted by Crippen LogP contribution is -2.59. The van der Waals surface area contributed by atoms with Gasteiger partial charge in [-0.2, -0.15) is 0 Å². The van der Waals surface area contributed by atoms with Gasteiger partial charge in [-0.1, -0.05) is 76.9 Å². The van der Waals surface area contributed by atoms with E-state index in [1.54, 1.807) is 0 Å². The van der Waals surface area contributed by atoms with Crippen LogP contribution in [0.5, 0.6) is 0 Å². The number of aliphatic hydroxyl groups excluding tert-OH is 4. The summed E-state index contributed by atoms with van der Waals surface area (Å²) in [5, 5.41) is 38.6. The highest BCUT2D eigenvalue weighted by Crippen LogP contribution is 2.22. The Balaban J connectivity index is 1.90. The van der Waals surface area contributed by atoms with Gasteiger partial charge in [0.05, 0.1) is 6.61 Å². The maximum absolute atomic E-state index is 9.91. The molecule has 4 N–H and O–H groups in total. The van der Waals surface area contributed by atoms with Crippen molar-refractivity contribution in [3.63, 3.8) is 0 Å². The van der Waals surface area contributed by atoms with E-state index in [9.17, 15) is 15.3 Å². The van der Waals surface area contributed by atoms with Crippen LogP contribution in [-0.4, -0.2) is 64.3 Å². The first-order valence-corrected chi connectivity index (χ1v) is 12.2. The van der Waals surface area contributed by atoms with E-state index in [1.165, 1.54) is 70.6 Å². The molecule has 0 amide bonds. The first kappa shape index (κ1) is 27.5. The number of ether oxygens (including phenoxy) is 2. The Morgan fingerprint density at radius 3 is 1.80 bits per heavy atom. The number of hydrogen-bond donors (Lipinski definition) is 4. The maximum Gasteiger partial charge on any atom is 0.186 e. The van der Waals surface area contributed by atoms with Crippen LogP contribution in [0, 0.1) is 0 Å². The summed E-state index contributed by atoms with van der Waals surface area (Å²) in [6, 6.07) is 0. The molecule has 1 unspecified atom stereocenters. The molecule has 1 rings (SSSR count). The van der Waals surface area contributed by atoms with Crippen molar-refractivity contribution in [1.82, 2.24) is 0 Å². The number of hydrogen-bond acceptors (Lipinski definition) is 6. The Morgan fingerprint density at radius 2 is 1.23 bits per heavy atom. The fraction of sp³-hybridized carbons (Fsp3) is 0.917. The van der Waals surface area contributed by atoms with E-state index in [1.807, 2.05) is 0 Å². The molecular weight excluding hydrogens is 384 g/mol. The smallest absolute Gasteiger partial charge is 0.186 e. The lowest BCUT2D eigenvalue weighted by atomic mass is 9.99. The van der Waals surface area contributed by atoms with Crippen LogP contribution in [0.3, 0.4) is 0 Å². The fourth-order valence-corrected chi connectivity index (χ4v) is 3.75. The number of aliphatic hydroxyl groups is 4. The number of allylic oxidation sites excluding steroid dienone is 2. The molecule has 178 valence electrons. The molecule has 0 aliphatic carbocycles. The molecule has 1 aliphatic rings. The predicted octanol–water partition coefficient (Wildman–Crippen LogP) is 3.84. The van der Waals surface area contributed by atoms with Gasteiger partial charge in [-0.05, 0) is 32.1 Å². The molecule has 0 aromatic heterocycles. The molecule has 0 spiro atoms. The molecule has 1 saturated heterocycles. The third kappa shape index (κ3) is 11.8. The van der Waals surface area contributed by atoms with Gasteiger partial charge in [0.25, 0.3) is 0 Å². The molecule has 5 atom stereocenters. The summed E-state index contributed by atoms with van der Waals surface area (Å²) in [7, 11) is 0. The van der Waals surface area contributed by atoms with Gasteiger partial charge >= 0.3 is 0 Å². The first-order chi connectivity index (χ1) is 14.6. The van der Waals surface area contributed by atoms with Crippen LogP contribution >= 0.6 is 0 Å². The van der Waals surface area contributed by atoms with E-state index in [-0.39, 0.29) is 0 Å². The van der Waals surface area contributed by atoms with Crippen molar-refractivity contribution in [2.45, 2.75) is 128 Å². The van der Waals surface area contributed by atoms with E-state index in [0.29, 0.717) is 6.61 Å². The van der Waals surface area contributed by atoms with E-state index >= 15 is 0 Å². The SMILES string of the molecule is CCCCCCCCC=CCCCCCCCCOC1O[C@H](CO)[C@@H](O)[C@H](O)[C@H]1O. The normalized spacial score (nSPS) is 27.2. The third-order valence-corrected chi connectivity index (χ3v) is 5.79. The van der Waals surface area contributed by atoms with Crippen molar-refractivity contribution in [3.05, 3.63) is 12.2 Å². The Kier molecular flexibility index (Phi) is 16.6. The molecule has 30 heavy (non-hydrogen) atoms. The molecule has 0 aromatic carbocycles. The quantitative estimate of drug-likeness (QED) is 0.195. The topological polar surface area (TPSA) is 99.4 Å². The van der Waals surface area contributed by atoms with Crippen LogP contribution in [0.25, 0.3) is 0 Å². The summed E-state index contributed by atoms with van der Waals surface area (Å²) in [6.07, 6.45) is 16.0. The molecule has 6 nitrogen and oxygen atoms in total. The molecule has 0 saturated carbocycles. The summed E-state index contributed by atoms with van der Waals surface area (Å²) < 4.78 is 10.8. The van der Waals surface area contributed by atoms with E-state index in [2.05, 4.69) is 19.1 Å².